The minimum absolute atomic E-state index is 0.0785. The molecule has 0 spiro atoms. The number of imide groups is 2. The summed E-state index contributed by atoms with van der Waals surface area (Å²) < 4.78 is 16.0. The number of rotatable bonds is 3. The van der Waals surface area contributed by atoms with Crippen LogP contribution in [0.4, 0.5) is 4.79 Å². The van der Waals surface area contributed by atoms with Gasteiger partial charge in [-0.15, -0.1) is 0 Å². The summed E-state index contributed by atoms with van der Waals surface area (Å²) in [6, 6.07) is 2.50. The summed E-state index contributed by atoms with van der Waals surface area (Å²) in [5.74, 6) is 0.132. The van der Waals surface area contributed by atoms with Gasteiger partial charge in [-0.1, -0.05) is 12.8 Å². The minimum atomic E-state index is -0.703. The van der Waals surface area contributed by atoms with E-state index >= 15 is 0 Å². The van der Waals surface area contributed by atoms with Crippen LogP contribution in [0.5, 0.6) is 17.2 Å². The van der Waals surface area contributed by atoms with E-state index in [9.17, 15) is 14.4 Å². The van der Waals surface area contributed by atoms with E-state index in [1.165, 1.54) is 18.1 Å². The summed E-state index contributed by atoms with van der Waals surface area (Å²) in [4.78, 5) is 38.4. The molecule has 0 atom stereocenters. The second kappa shape index (κ2) is 6.36. The van der Waals surface area contributed by atoms with Gasteiger partial charge in [0.05, 0.1) is 7.11 Å². The Labute approximate surface area is 149 Å². The van der Waals surface area contributed by atoms with Crippen molar-refractivity contribution in [2.45, 2.75) is 31.7 Å². The van der Waals surface area contributed by atoms with Gasteiger partial charge in [0.25, 0.3) is 11.8 Å². The first-order valence-corrected chi connectivity index (χ1v) is 8.46. The molecule has 1 saturated heterocycles. The van der Waals surface area contributed by atoms with E-state index in [2.05, 4.69) is 5.32 Å². The number of hydrogen-bond donors (Lipinski definition) is 1. The van der Waals surface area contributed by atoms with Crippen molar-refractivity contribution in [1.29, 1.82) is 0 Å². The van der Waals surface area contributed by atoms with Crippen LogP contribution in [0.1, 0.15) is 31.2 Å². The maximum Gasteiger partial charge on any atom is 0.331 e. The van der Waals surface area contributed by atoms with Crippen LogP contribution < -0.4 is 19.5 Å². The molecular formula is C18H18N2O6. The SMILES string of the molecule is COc1cc(/C=C2\C(=O)NC(=O)N(C3CCCC3)C2=O)cc2c1OCO2. The lowest BCUT2D eigenvalue weighted by atomic mass is 10.0. The number of hydrogen-bond acceptors (Lipinski definition) is 6. The third kappa shape index (κ3) is 2.67. The zero-order chi connectivity index (χ0) is 18.3. The van der Waals surface area contributed by atoms with Gasteiger partial charge in [-0.3, -0.25) is 19.8 Å². The summed E-state index contributed by atoms with van der Waals surface area (Å²) in [6.45, 7) is 0.0785. The van der Waals surface area contributed by atoms with Gasteiger partial charge >= 0.3 is 6.03 Å². The van der Waals surface area contributed by atoms with Gasteiger partial charge in [-0.2, -0.15) is 0 Å². The number of carbonyl (C=O) groups excluding carboxylic acids is 3. The van der Waals surface area contributed by atoms with E-state index in [4.69, 9.17) is 14.2 Å². The second-order valence-electron chi connectivity index (χ2n) is 6.39. The molecule has 4 rings (SSSR count). The average Bonchev–Trinajstić information content (AvgIpc) is 3.29. The Morgan fingerprint density at radius 3 is 2.69 bits per heavy atom. The van der Waals surface area contributed by atoms with Crippen LogP contribution in [0.3, 0.4) is 0 Å². The predicted octanol–water partition coefficient (Wildman–Crippen LogP) is 1.83. The van der Waals surface area contributed by atoms with Crippen molar-refractivity contribution in [3.05, 3.63) is 23.3 Å². The minimum Gasteiger partial charge on any atom is -0.493 e. The number of urea groups is 1. The number of carbonyl (C=O) groups is 3. The van der Waals surface area contributed by atoms with Crippen molar-refractivity contribution in [2.24, 2.45) is 0 Å². The fourth-order valence-corrected chi connectivity index (χ4v) is 3.57. The second-order valence-corrected chi connectivity index (χ2v) is 6.39. The highest BCUT2D eigenvalue weighted by atomic mass is 16.7. The highest BCUT2D eigenvalue weighted by molar-refractivity contribution is 6.31. The molecule has 1 aromatic rings. The smallest absolute Gasteiger partial charge is 0.331 e. The van der Waals surface area contributed by atoms with Crippen molar-refractivity contribution in [2.75, 3.05) is 13.9 Å². The lowest BCUT2D eigenvalue weighted by Crippen LogP contribution is -2.57. The Morgan fingerprint density at radius 1 is 1.19 bits per heavy atom. The fraction of sp³-hybridized carbons (Fsp3) is 0.389. The van der Waals surface area contributed by atoms with Crippen molar-refractivity contribution in [3.8, 4) is 17.2 Å². The van der Waals surface area contributed by atoms with E-state index in [-0.39, 0.29) is 18.4 Å². The van der Waals surface area contributed by atoms with Crippen LogP contribution in [-0.2, 0) is 9.59 Å². The maximum atomic E-state index is 12.8. The molecule has 4 amide bonds. The molecule has 1 aliphatic carbocycles. The lowest BCUT2D eigenvalue weighted by molar-refractivity contribution is -0.131. The van der Waals surface area contributed by atoms with Crippen molar-refractivity contribution in [1.82, 2.24) is 10.2 Å². The number of nitrogens with zero attached hydrogens (tertiary/aromatic N) is 1. The molecule has 1 aromatic carbocycles. The van der Waals surface area contributed by atoms with E-state index < -0.39 is 17.8 Å². The Balaban J connectivity index is 1.70. The summed E-state index contributed by atoms with van der Waals surface area (Å²) in [5, 5.41) is 2.26. The first-order valence-electron chi connectivity index (χ1n) is 8.46. The Bertz CT molecular complexity index is 825. The number of nitrogens with one attached hydrogen (secondary N) is 1. The van der Waals surface area contributed by atoms with Gasteiger partial charge in [0.15, 0.2) is 11.5 Å². The lowest BCUT2D eigenvalue weighted by Gasteiger charge is -2.31. The van der Waals surface area contributed by atoms with Crippen molar-refractivity contribution >= 4 is 23.9 Å². The van der Waals surface area contributed by atoms with Gasteiger partial charge in [0, 0.05) is 6.04 Å². The number of methoxy groups -OCH3 is 1. The normalized spacial score (nSPS) is 21.5. The van der Waals surface area contributed by atoms with Gasteiger partial charge in [-0.25, -0.2) is 4.79 Å². The number of amides is 4. The molecule has 2 fully saturated rings. The molecular weight excluding hydrogens is 340 g/mol. The summed E-state index contributed by atoms with van der Waals surface area (Å²) in [6.07, 6.45) is 4.90. The molecule has 8 nitrogen and oxygen atoms in total. The topological polar surface area (TPSA) is 94.2 Å². The molecule has 0 bridgehead atoms. The Morgan fingerprint density at radius 2 is 1.96 bits per heavy atom. The number of barbiturate groups is 1. The van der Waals surface area contributed by atoms with Crippen LogP contribution in [-0.4, -0.2) is 42.7 Å². The maximum absolute atomic E-state index is 12.8. The molecule has 2 heterocycles. The van der Waals surface area contributed by atoms with Crippen molar-refractivity contribution < 1.29 is 28.6 Å². The van der Waals surface area contributed by atoms with E-state index in [1.54, 1.807) is 12.1 Å². The largest absolute Gasteiger partial charge is 0.493 e. The quantitative estimate of drug-likeness (QED) is 0.654. The Hall–Kier alpha value is -3.03. The summed E-state index contributed by atoms with van der Waals surface area (Å²) in [5.41, 5.74) is 0.461. The first-order chi connectivity index (χ1) is 12.6. The van der Waals surface area contributed by atoms with Crippen LogP contribution in [0.25, 0.3) is 6.08 Å². The van der Waals surface area contributed by atoms with Gasteiger partial charge in [-0.05, 0) is 36.6 Å². The molecule has 1 saturated carbocycles. The number of fused-ring (bicyclic) bond motifs is 1. The third-order valence-corrected chi connectivity index (χ3v) is 4.81. The van der Waals surface area contributed by atoms with Crippen LogP contribution >= 0.6 is 0 Å². The molecule has 3 aliphatic rings. The van der Waals surface area contributed by atoms with E-state index in [1.807, 2.05) is 0 Å². The third-order valence-electron chi connectivity index (χ3n) is 4.81. The molecule has 8 heteroatoms. The van der Waals surface area contributed by atoms with Crippen LogP contribution in [0, 0.1) is 0 Å². The fourth-order valence-electron chi connectivity index (χ4n) is 3.57. The molecule has 1 N–H and O–H groups in total. The monoisotopic (exact) mass is 358 g/mol. The first kappa shape index (κ1) is 16.4. The van der Waals surface area contributed by atoms with Crippen molar-refractivity contribution in [3.63, 3.8) is 0 Å². The van der Waals surface area contributed by atoms with Crippen LogP contribution in [0.15, 0.2) is 17.7 Å². The zero-order valence-electron chi connectivity index (χ0n) is 14.2. The molecule has 0 unspecified atom stereocenters. The van der Waals surface area contributed by atoms with Gasteiger partial charge in [0.1, 0.15) is 5.57 Å². The highest BCUT2D eigenvalue weighted by Gasteiger charge is 2.40. The molecule has 136 valence electrons. The van der Waals surface area contributed by atoms with E-state index in [0.717, 1.165) is 25.7 Å². The number of benzene rings is 1. The zero-order valence-corrected chi connectivity index (χ0v) is 14.2. The molecule has 2 aliphatic heterocycles. The molecule has 26 heavy (non-hydrogen) atoms. The average molecular weight is 358 g/mol. The predicted molar refractivity (Wildman–Crippen MR) is 89.7 cm³/mol. The summed E-state index contributed by atoms with van der Waals surface area (Å²) in [7, 11) is 1.49. The Kier molecular flexibility index (Phi) is 4.02. The number of ether oxygens (including phenoxy) is 3. The standard InChI is InChI=1S/C18H18N2O6/c1-24-13-7-10(8-14-15(13)26-9-25-14)6-12-16(21)19-18(23)20(17(12)22)11-4-2-3-5-11/h6-8,11H,2-5,9H2,1H3,(H,19,21,23)/b12-6+. The van der Waals surface area contributed by atoms with Gasteiger partial charge < -0.3 is 14.2 Å². The van der Waals surface area contributed by atoms with Crippen LogP contribution in [0.2, 0.25) is 0 Å². The van der Waals surface area contributed by atoms with E-state index in [0.29, 0.717) is 22.8 Å². The molecule has 0 radical (unpaired) electrons. The highest BCUT2D eigenvalue weighted by Crippen LogP contribution is 2.42. The molecule has 0 aromatic heterocycles. The van der Waals surface area contributed by atoms with Gasteiger partial charge in [0.2, 0.25) is 12.5 Å². The summed E-state index contributed by atoms with van der Waals surface area (Å²) >= 11 is 0.